The van der Waals surface area contributed by atoms with Gasteiger partial charge in [0, 0.05) is 11.1 Å². The first-order valence-electron chi connectivity index (χ1n) is 6.17. The van der Waals surface area contributed by atoms with Crippen LogP contribution in [0.25, 0.3) is 0 Å². The van der Waals surface area contributed by atoms with E-state index in [1.807, 2.05) is 53.7 Å². The van der Waals surface area contributed by atoms with Crippen LogP contribution in [0.5, 0.6) is 11.5 Å². The second kappa shape index (κ2) is 5.28. The van der Waals surface area contributed by atoms with Crippen molar-refractivity contribution in [3.8, 4) is 11.5 Å². The summed E-state index contributed by atoms with van der Waals surface area (Å²) in [4.78, 5) is 18.2. The molecule has 0 atom stereocenters. The molecule has 0 aliphatic heterocycles. The summed E-state index contributed by atoms with van der Waals surface area (Å²) in [6, 6.07) is 3.73. The van der Waals surface area contributed by atoms with Gasteiger partial charge in [-0.3, -0.25) is 0 Å². The lowest BCUT2D eigenvalue weighted by Gasteiger charge is -2.27. The molecule has 108 valence electrons. The summed E-state index contributed by atoms with van der Waals surface area (Å²) in [7, 11) is -2.56. The van der Waals surface area contributed by atoms with Gasteiger partial charge in [-0.15, -0.1) is 0 Å². The first-order chi connectivity index (χ1) is 8.44. The number of hydrogen-bond acceptors (Lipinski definition) is 4. The van der Waals surface area contributed by atoms with E-state index in [1.54, 1.807) is 0 Å². The van der Waals surface area contributed by atoms with Crippen LogP contribution in [-0.2, 0) is 10.8 Å². The Morgan fingerprint density at radius 1 is 0.895 bits per heavy atom. The Balaban J connectivity index is 3.50. The molecule has 0 saturated heterocycles. The third-order valence-corrected chi connectivity index (χ3v) is 3.27. The Morgan fingerprint density at radius 3 is 1.68 bits per heavy atom. The standard InChI is InChI=1S/C14H23O4P/c1-13(2,3)9-7-8-10(14(4,5)6)12(11(9)15)18-19(16)17/h7-8,15-17H,1-6H3. The zero-order valence-corrected chi connectivity index (χ0v) is 13.2. The Hall–Kier alpha value is -0.830. The van der Waals surface area contributed by atoms with Crippen molar-refractivity contribution in [2.75, 3.05) is 0 Å². The van der Waals surface area contributed by atoms with E-state index in [2.05, 4.69) is 0 Å². The van der Waals surface area contributed by atoms with Gasteiger partial charge in [0.15, 0.2) is 11.5 Å². The minimum atomic E-state index is -2.56. The highest BCUT2D eigenvalue weighted by molar-refractivity contribution is 7.39. The summed E-state index contributed by atoms with van der Waals surface area (Å²) in [5, 5.41) is 10.4. The molecule has 19 heavy (non-hydrogen) atoms. The van der Waals surface area contributed by atoms with E-state index >= 15 is 0 Å². The molecule has 0 saturated carbocycles. The fourth-order valence-corrected chi connectivity index (χ4v) is 2.29. The molecule has 0 unspecified atom stereocenters. The maximum Gasteiger partial charge on any atom is 0.391 e. The van der Waals surface area contributed by atoms with Crippen molar-refractivity contribution in [2.45, 2.75) is 52.4 Å². The zero-order valence-electron chi connectivity index (χ0n) is 12.4. The molecule has 0 bridgehead atoms. The fourth-order valence-electron chi connectivity index (χ4n) is 1.94. The van der Waals surface area contributed by atoms with Crippen molar-refractivity contribution >= 4 is 8.60 Å². The monoisotopic (exact) mass is 286 g/mol. The minimum Gasteiger partial charge on any atom is -0.504 e. The van der Waals surface area contributed by atoms with Gasteiger partial charge in [0.1, 0.15) is 0 Å². The Bertz CT molecular complexity index is 456. The number of rotatable bonds is 2. The van der Waals surface area contributed by atoms with Crippen molar-refractivity contribution in [1.82, 2.24) is 0 Å². The lowest BCUT2D eigenvalue weighted by molar-refractivity contribution is 0.349. The smallest absolute Gasteiger partial charge is 0.391 e. The maximum atomic E-state index is 10.4. The van der Waals surface area contributed by atoms with E-state index in [0.29, 0.717) is 5.56 Å². The number of hydrogen-bond donors (Lipinski definition) is 3. The third-order valence-electron chi connectivity index (χ3n) is 2.92. The average molecular weight is 286 g/mol. The molecule has 0 aliphatic rings. The van der Waals surface area contributed by atoms with Gasteiger partial charge in [-0.25, -0.2) is 0 Å². The van der Waals surface area contributed by atoms with Crippen LogP contribution in [0.1, 0.15) is 52.7 Å². The minimum absolute atomic E-state index is 0.0180. The summed E-state index contributed by atoms with van der Waals surface area (Å²) in [6.45, 7) is 11.9. The molecule has 0 radical (unpaired) electrons. The second-order valence-corrected chi connectivity index (χ2v) is 7.37. The van der Waals surface area contributed by atoms with Crippen LogP contribution in [0.2, 0.25) is 0 Å². The molecule has 0 amide bonds. The molecule has 5 heteroatoms. The SMILES string of the molecule is CC(C)(C)c1ccc(C(C)(C)C)c(OP(O)O)c1O. The van der Waals surface area contributed by atoms with Crippen molar-refractivity contribution in [3.05, 3.63) is 23.3 Å². The number of benzene rings is 1. The van der Waals surface area contributed by atoms with Crippen LogP contribution < -0.4 is 4.52 Å². The molecule has 0 aromatic heterocycles. The molecule has 0 aliphatic carbocycles. The fraction of sp³-hybridized carbons (Fsp3) is 0.571. The van der Waals surface area contributed by atoms with E-state index < -0.39 is 8.60 Å². The van der Waals surface area contributed by atoms with Gasteiger partial charge in [-0.2, -0.15) is 0 Å². The molecule has 3 N–H and O–H groups in total. The van der Waals surface area contributed by atoms with Crippen molar-refractivity contribution in [1.29, 1.82) is 0 Å². The average Bonchev–Trinajstić information content (AvgIpc) is 2.16. The normalized spacial score (nSPS) is 12.9. The highest BCUT2D eigenvalue weighted by Gasteiger charge is 2.28. The van der Waals surface area contributed by atoms with Crippen molar-refractivity contribution < 1.29 is 19.4 Å². The molecule has 1 aromatic rings. The summed E-state index contributed by atoms with van der Waals surface area (Å²) >= 11 is 0. The van der Waals surface area contributed by atoms with Gasteiger partial charge in [0.2, 0.25) is 0 Å². The number of aromatic hydroxyl groups is 1. The van der Waals surface area contributed by atoms with E-state index in [0.717, 1.165) is 5.56 Å². The summed E-state index contributed by atoms with van der Waals surface area (Å²) in [6.07, 6.45) is 0. The van der Waals surface area contributed by atoms with Crippen LogP contribution in [0.4, 0.5) is 0 Å². The Labute approximate surface area is 116 Å². The van der Waals surface area contributed by atoms with Crippen LogP contribution >= 0.6 is 8.60 Å². The highest BCUT2D eigenvalue weighted by atomic mass is 31.2. The van der Waals surface area contributed by atoms with Gasteiger partial charge < -0.3 is 19.4 Å². The molecule has 0 fully saturated rings. The molecular weight excluding hydrogens is 263 g/mol. The van der Waals surface area contributed by atoms with Crippen LogP contribution in [0.15, 0.2) is 12.1 Å². The topological polar surface area (TPSA) is 69.9 Å². The first-order valence-corrected chi connectivity index (χ1v) is 7.34. The number of phenolic OH excluding ortho intramolecular Hbond substituents is 1. The van der Waals surface area contributed by atoms with Crippen LogP contribution in [0, 0.1) is 0 Å². The summed E-state index contributed by atoms with van der Waals surface area (Å²) in [5.74, 6) is 0.145. The second-order valence-electron chi connectivity index (χ2n) is 6.68. The molecule has 1 aromatic carbocycles. The predicted octanol–water partition coefficient (Wildman–Crippen LogP) is 3.58. The van der Waals surface area contributed by atoms with Crippen LogP contribution in [-0.4, -0.2) is 14.9 Å². The van der Waals surface area contributed by atoms with Crippen molar-refractivity contribution in [2.24, 2.45) is 0 Å². The third kappa shape index (κ3) is 3.82. The van der Waals surface area contributed by atoms with Gasteiger partial charge in [-0.05, 0) is 10.8 Å². The lowest BCUT2D eigenvalue weighted by atomic mass is 9.81. The highest BCUT2D eigenvalue weighted by Crippen LogP contribution is 2.47. The van der Waals surface area contributed by atoms with Gasteiger partial charge in [0.05, 0.1) is 0 Å². The quantitative estimate of drug-likeness (QED) is 0.727. The molecule has 0 heterocycles. The molecule has 0 spiro atoms. The van der Waals surface area contributed by atoms with Gasteiger partial charge in [0.25, 0.3) is 0 Å². The molecule has 1 rings (SSSR count). The Morgan fingerprint density at radius 2 is 1.32 bits per heavy atom. The molecule has 4 nitrogen and oxygen atoms in total. The maximum absolute atomic E-state index is 10.4. The summed E-state index contributed by atoms with van der Waals surface area (Å²) in [5.41, 5.74) is 0.932. The van der Waals surface area contributed by atoms with E-state index in [1.165, 1.54) is 0 Å². The Kier molecular flexibility index (Phi) is 4.51. The van der Waals surface area contributed by atoms with E-state index in [4.69, 9.17) is 14.3 Å². The van der Waals surface area contributed by atoms with Gasteiger partial charge in [-0.1, -0.05) is 53.7 Å². The largest absolute Gasteiger partial charge is 0.504 e. The molecular formula is C14H23O4P. The van der Waals surface area contributed by atoms with E-state index in [-0.39, 0.29) is 22.3 Å². The van der Waals surface area contributed by atoms with E-state index in [9.17, 15) is 5.11 Å². The van der Waals surface area contributed by atoms with Crippen molar-refractivity contribution in [3.63, 3.8) is 0 Å². The number of phenols is 1. The summed E-state index contributed by atoms with van der Waals surface area (Å²) < 4.78 is 5.06. The van der Waals surface area contributed by atoms with Gasteiger partial charge >= 0.3 is 8.60 Å². The lowest BCUT2D eigenvalue weighted by Crippen LogP contribution is -2.16. The zero-order chi connectivity index (χ0) is 15.0. The predicted molar refractivity (Wildman–Crippen MR) is 77.5 cm³/mol. The van der Waals surface area contributed by atoms with Crippen LogP contribution in [0.3, 0.4) is 0 Å². The first kappa shape index (κ1) is 16.2.